The summed E-state index contributed by atoms with van der Waals surface area (Å²) in [6.45, 7) is 1.70. The van der Waals surface area contributed by atoms with Crippen molar-refractivity contribution >= 4 is 34.6 Å². The van der Waals surface area contributed by atoms with Crippen molar-refractivity contribution in [3.05, 3.63) is 57.6 Å². The molecule has 2 aromatic rings. The number of hydrogen-bond acceptors (Lipinski definition) is 6. The van der Waals surface area contributed by atoms with Gasteiger partial charge in [0.1, 0.15) is 17.1 Å². The lowest BCUT2D eigenvalue weighted by Gasteiger charge is -2.15. The van der Waals surface area contributed by atoms with Crippen LogP contribution in [0, 0.1) is 17.0 Å². The Morgan fingerprint density at radius 1 is 1.15 bits per heavy atom. The number of amides is 1. The molecule has 8 nitrogen and oxygen atoms in total. The van der Waals surface area contributed by atoms with Gasteiger partial charge in [0, 0.05) is 17.8 Å². The molecular formula is C17H17N3O5S. The highest BCUT2D eigenvalue weighted by molar-refractivity contribution is 7.80. The number of hydrogen-bond donors (Lipinski definition) is 2. The summed E-state index contributed by atoms with van der Waals surface area (Å²) in [4.78, 5) is 22.9. The van der Waals surface area contributed by atoms with Gasteiger partial charge in [-0.25, -0.2) is 0 Å². The van der Waals surface area contributed by atoms with Crippen LogP contribution in [0.25, 0.3) is 0 Å². The second kappa shape index (κ2) is 8.26. The summed E-state index contributed by atoms with van der Waals surface area (Å²) in [6, 6.07) is 9.25. The van der Waals surface area contributed by atoms with E-state index >= 15 is 0 Å². The van der Waals surface area contributed by atoms with Crippen LogP contribution in [0.2, 0.25) is 0 Å². The van der Waals surface area contributed by atoms with Crippen LogP contribution in [-0.2, 0) is 0 Å². The first-order chi connectivity index (χ1) is 12.4. The van der Waals surface area contributed by atoms with Gasteiger partial charge < -0.3 is 14.8 Å². The summed E-state index contributed by atoms with van der Waals surface area (Å²) < 4.78 is 10.4. The molecule has 2 rings (SSSR count). The summed E-state index contributed by atoms with van der Waals surface area (Å²) >= 11 is 5.16. The van der Waals surface area contributed by atoms with Crippen molar-refractivity contribution in [1.29, 1.82) is 0 Å². The predicted octanol–water partition coefficient (Wildman–Crippen LogP) is 3.05. The van der Waals surface area contributed by atoms with Crippen molar-refractivity contribution in [3.8, 4) is 11.5 Å². The van der Waals surface area contributed by atoms with Crippen LogP contribution in [0.5, 0.6) is 11.5 Å². The summed E-state index contributed by atoms with van der Waals surface area (Å²) in [5, 5.41) is 16.2. The van der Waals surface area contributed by atoms with E-state index in [0.717, 1.165) is 0 Å². The number of non-ortho nitro benzene ring substituents is 1. The number of methoxy groups -OCH3 is 2. The van der Waals surface area contributed by atoms with E-state index < -0.39 is 10.8 Å². The number of rotatable bonds is 5. The van der Waals surface area contributed by atoms with E-state index in [9.17, 15) is 14.9 Å². The first kappa shape index (κ1) is 19.1. The maximum Gasteiger partial charge on any atom is 0.269 e. The van der Waals surface area contributed by atoms with Crippen molar-refractivity contribution in [3.63, 3.8) is 0 Å². The first-order valence-electron chi connectivity index (χ1n) is 7.45. The molecular weight excluding hydrogens is 358 g/mol. The molecule has 1 amide bonds. The monoisotopic (exact) mass is 375 g/mol. The molecule has 0 bridgehead atoms. The molecule has 0 saturated heterocycles. The van der Waals surface area contributed by atoms with Gasteiger partial charge in [-0.3, -0.25) is 20.2 Å². The number of nitro benzene ring substituents is 1. The van der Waals surface area contributed by atoms with Crippen molar-refractivity contribution in [2.75, 3.05) is 19.5 Å². The van der Waals surface area contributed by atoms with Crippen molar-refractivity contribution in [2.24, 2.45) is 0 Å². The normalized spacial score (nSPS) is 9.96. The van der Waals surface area contributed by atoms with Gasteiger partial charge in [-0.15, -0.1) is 0 Å². The first-order valence-corrected chi connectivity index (χ1v) is 7.86. The van der Waals surface area contributed by atoms with Crippen LogP contribution in [0.1, 0.15) is 15.9 Å². The molecule has 0 fully saturated rings. The van der Waals surface area contributed by atoms with Gasteiger partial charge in [-0.2, -0.15) is 0 Å². The fraction of sp³-hybridized carbons (Fsp3) is 0.176. The van der Waals surface area contributed by atoms with Gasteiger partial charge in [0.15, 0.2) is 5.11 Å². The highest BCUT2D eigenvalue weighted by Gasteiger charge is 2.19. The van der Waals surface area contributed by atoms with Gasteiger partial charge in [-0.1, -0.05) is 6.07 Å². The molecule has 0 saturated carbocycles. The number of carbonyl (C=O) groups is 1. The highest BCUT2D eigenvalue weighted by Crippen LogP contribution is 2.28. The smallest absolute Gasteiger partial charge is 0.269 e. The Labute approximate surface area is 155 Å². The van der Waals surface area contributed by atoms with Gasteiger partial charge in [0.05, 0.1) is 19.1 Å². The van der Waals surface area contributed by atoms with Crippen LogP contribution >= 0.6 is 12.2 Å². The number of nitro groups is 1. The molecule has 9 heteroatoms. The average Bonchev–Trinajstić information content (AvgIpc) is 2.62. The third-order valence-electron chi connectivity index (χ3n) is 3.55. The van der Waals surface area contributed by atoms with E-state index in [1.54, 1.807) is 25.1 Å². The minimum absolute atomic E-state index is 0.0261. The lowest BCUT2D eigenvalue weighted by Crippen LogP contribution is -2.34. The molecule has 26 heavy (non-hydrogen) atoms. The van der Waals surface area contributed by atoms with Gasteiger partial charge >= 0.3 is 0 Å². The number of thiocarbonyl (C=S) groups is 1. The average molecular weight is 375 g/mol. The lowest BCUT2D eigenvalue weighted by atomic mass is 10.1. The third kappa shape index (κ3) is 4.25. The minimum atomic E-state index is -0.503. The third-order valence-corrected chi connectivity index (χ3v) is 3.76. The Morgan fingerprint density at radius 3 is 2.27 bits per heavy atom. The Kier molecular flexibility index (Phi) is 6.07. The largest absolute Gasteiger partial charge is 0.496 e. The van der Waals surface area contributed by atoms with Gasteiger partial charge in [0.2, 0.25) is 0 Å². The minimum Gasteiger partial charge on any atom is -0.496 e. The number of anilines is 1. The van der Waals surface area contributed by atoms with Crippen LogP contribution in [0.3, 0.4) is 0 Å². The number of carbonyl (C=O) groups excluding carboxylic acids is 1. The molecule has 2 N–H and O–H groups in total. The fourth-order valence-electron chi connectivity index (χ4n) is 2.30. The van der Waals surface area contributed by atoms with E-state index in [4.69, 9.17) is 21.7 Å². The Bertz CT molecular complexity index is 847. The van der Waals surface area contributed by atoms with E-state index in [1.807, 2.05) is 0 Å². The van der Waals surface area contributed by atoms with Crippen molar-refractivity contribution < 1.29 is 19.2 Å². The van der Waals surface area contributed by atoms with E-state index in [2.05, 4.69) is 10.6 Å². The molecule has 0 spiro atoms. The highest BCUT2D eigenvalue weighted by atomic mass is 32.1. The van der Waals surface area contributed by atoms with Gasteiger partial charge in [0.25, 0.3) is 11.6 Å². The molecule has 136 valence electrons. The molecule has 0 atom stereocenters. The Morgan fingerprint density at radius 2 is 1.77 bits per heavy atom. The van der Waals surface area contributed by atoms with E-state index in [0.29, 0.717) is 22.7 Å². The Balaban J connectivity index is 2.16. The van der Waals surface area contributed by atoms with Crippen LogP contribution < -0.4 is 20.1 Å². The van der Waals surface area contributed by atoms with E-state index in [-0.39, 0.29) is 16.4 Å². The van der Waals surface area contributed by atoms with Gasteiger partial charge in [-0.05, 0) is 42.9 Å². The fourth-order valence-corrected chi connectivity index (χ4v) is 2.50. The topological polar surface area (TPSA) is 103 Å². The second-order valence-electron chi connectivity index (χ2n) is 5.20. The predicted molar refractivity (Wildman–Crippen MR) is 101 cm³/mol. The summed E-state index contributed by atoms with van der Waals surface area (Å²) in [5.41, 5.74) is 1.35. The number of benzene rings is 2. The van der Waals surface area contributed by atoms with E-state index in [1.165, 1.54) is 32.4 Å². The zero-order valence-electron chi connectivity index (χ0n) is 14.4. The maximum absolute atomic E-state index is 12.5. The number of aryl methyl sites for hydroxylation is 1. The molecule has 0 heterocycles. The van der Waals surface area contributed by atoms with Crippen LogP contribution in [0.15, 0.2) is 36.4 Å². The molecule has 0 aromatic heterocycles. The quantitative estimate of drug-likeness (QED) is 0.470. The molecule has 0 radical (unpaired) electrons. The zero-order chi connectivity index (χ0) is 19.3. The zero-order valence-corrected chi connectivity index (χ0v) is 15.2. The standard InChI is InChI=1S/C17H17N3O5S/c1-10-9-11(20(22)23)7-8-12(10)18-17(26)19-16(21)15-13(24-2)5-4-6-14(15)25-3/h4-9H,1-3H3,(H2,18,19,21,26). The van der Waals surface area contributed by atoms with Crippen molar-refractivity contribution in [1.82, 2.24) is 5.32 Å². The molecule has 0 aliphatic heterocycles. The maximum atomic E-state index is 12.5. The molecule has 0 aliphatic rings. The molecule has 2 aromatic carbocycles. The SMILES string of the molecule is COc1cccc(OC)c1C(=O)NC(=S)Nc1ccc([N+](=O)[O-])cc1C. The number of nitrogens with zero attached hydrogens (tertiary/aromatic N) is 1. The summed E-state index contributed by atoms with van der Waals surface area (Å²) in [5.74, 6) is 0.184. The number of ether oxygens (including phenoxy) is 2. The second-order valence-corrected chi connectivity index (χ2v) is 5.61. The summed E-state index contributed by atoms with van der Waals surface area (Å²) in [6.07, 6.45) is 0. The van der Waals surface area contributed by atoms with Crippen LogP contribution in [0.4, 0.5) is 11.4 Å². The summed E-state index contributed by atoms with van der Waals surface area (Å²) in [7, 11) is 2.89. The number of nitrogens with one attached hydrogen (secondary N) is 2. The molecule has 0 unspecified atom stereocenters. The van der Waals surface area contributed by atoms with Crippen molar-refractivity contribution in [2.45, 2.75) is 6.92 Å². The molecule has 0 aliphatic carbocycles. The Hall–Kier alpha value is -3.20. The van der Waals surface area contributed by atoms with Crippen LogP contribution in [-0.4, -0.2) is 30.2 Å². The lowest BCUT2D eigenvalue weighted by molar-refractivity contribution is -0.384.